The lowest BCUT2D eigenvalue weighted by Crippen LogP contribution is -2.23. The number of carbonyl (C=O) groups is 1. The molecule has 0 aliphatic heterocycles. The smallest absolute Gasteiger partial charge is 0.350 e. The van der Waals surface area contributed by atoms with Crippen molar-refractivity contribution in [2.24, 2.45) is 0 Å². The Balaban J connectivity index is 2.32. The molecule has 0 amide bonds. The van der Waals surface area contributed by atoms with Gasteiger partial charge in [-0.15, -0.1) is 22.7 Å². The van der Waals surface area contributed by atoms with Crippen molar-refractivity contribution >= 4 is 45.9 Å². The SMILES string of the molecule is CC(C)(C)OC(=O)c1sc(-c2sccc2Cl)cc1N. The van der Waals surface area contributed by atoms with Gasteiger partial charge in [-0.3, -0.25) is 0 Å². The third-order valence-corrected chi connectivity index (χ3v) is 4.84. The average molecular weight is 316 g/mol. The van der Waals surface area contributed by atoms with Crippen molar-refractivity contribution in [2.45, 2.75) is 26.4 Å². The first-order valence-electron chi connectivity index (χ1n) is 5.64. The molecule has 0 spiro atoms. The second kappa shape index (κ2) is 5.15. The number of esters is 1. The summed E-state index contributed by atoms with van der Waals surface area (Å²) in [5.41, 5.74) is 5.78. The van der Waals surface area contributed by atoms with Crippen LogP contribution in [0.4, 0.5) is 5.69 Å². The minimum atomic E-state index is -0.533. The van der Waals surface area contributed by atoms with Crippen molar-refractivity contribution in [3.63, 3.8) is 0 Å². The number of hydrogen-bond acceptors (Lipinski definition) is 5. The lowest BCUT2D eigenvalue weighted by molar-refractivity contribution is 0.00764. The van der Waals surface area contributed by atoms with Gasteiger partial charge in [0.2, 0.25) is 0 Å². The van der Waals surface area contributed by atoms with Gasteiger partial charge >= 0.3 is 5.97 Å². The van der Waals surface area contributed by atoms with E-state index in [1.807, 2.05) is 32.2 Å². The Hall–Kier alpha value is -1.04. The number of carbonyl (C=O) groups excluding carboxylic acids is 1. The van der Waals surface area contributed by atoms with Gasteiger partial charge < -0.3 is 10.5 Å². The normalized spacial score (nSPS) is 11.6. The first-order chi connectivity index (χ1) is 8.78. The fourth-order valence-corrected chi connectivity index (χ4v) is 3.78. The van der Waals surface area contributed by atoms with Crippen LogP contribution in [0.1, 0.15) is 30.4 Å². The molecule has 102 valence electrons. The monoisotopic (exact) mass is 315 g/mol. The third-order valence-electron chi connectivity index (χ3n) is 2.19. The van der Waals surface area contributed by atoms with Crippen molar-refractivity contribution in [1.82, 2.24) is 0 Å². The molecular weight excluding hydrogens is 302 g/mol. The van der Waals surface area contributed by atoms with Crippen LogP contribution in [0.15, 0.2) is 17.5 Å². The highest BCUT2D eigenvalue weighted by Gasteiger charge is 2.23. The molecule has 0 aliphatic rings. The topological polar surface area (TPSA) is 52.3 Å². The largest absolute Gasteiger partial charge is 0.456 e. The number of halogens is 1. The summed E-state index contributed by atoms with van der Waals surface area (Å²) in [6.07, 6.45) is 0. The van der Waals surface area contributed by atoms with Crippen LogP contribution in [-0.2, 0) is 4.74 Å². The highest BCUT2D eigenvalue weighted by Crippen LogP contribution is 2.40. The zero-order valence-corrected chi connectivity index (χ0v) is 13.2. The summed E-state index contributed by atoms with van der Waals surface area (Å²) in [4.78, 5) is 14.3. The number of ether oxygens (including phenoxy) is 1. The van der Waals surface area contributed by atoms with Crippen molar-refractivity contribution in [2.75, 3.05) is 5.73 Å². The molecule has 2 heterocycles. The second-order valence-electron chi connectivity index (χ2n) is 4.99. The standard InChI is InChI=1S/C13H14ClNO2S2/c1-13(2,3)17-12(16)11-8(15)6-9(19-11)10-7(14)4-5-18-10/h4-6H,15H2,1-3H3. The minimum Gasteiger partial charge on any atom is -0.456 e. The van der Waals surface area contributed by atoms with Crippen LogP contribution >= 0.6 is 34.3 Å². The third kappa shape index (κ3) is 3.29. The molecule has 0 radical (unpaired) electrons. The van der Waals surface area contributed by atoms with Crippen LogP contribution in [0.5, 0.6) is 0 Å². The minimum absolute atomic E-state index is 0.395. The van der Waals surface area contributed by atoms with Gasteiger partial charge in [0.15, 0.2) is 0 Å². The maximum atomic E-state index is 12.0. The summed E-state index contributed by atoms with van der Waals surface area (Å²) in [5, 5.41) is 2.57. The van der Waals surface area contributed by atoms with Gasteiger partial charge in [-0.2, -0.15) is 0 Å². The number of hydrogen-bond donors (Lipinski definition) is 1. The molecule has 0 aromatic carbocycles. The number of thiophene rings is 2. The van der Waals surface area contributed by atoms with E-state index in [9.17, 15) is 4.79 Å². The van der Waals surface area contributed by atoms with E-state index in [1.54, 1.807) is 6.07 Å². The molecule has 6 heteroatoms. The molecule has 2 N–H and O–H groups in total. The number of nitrogens with two attached hydrogens (primary N) is 1. The Labute approximate surface area is 125 Å². The Bertz CT molecular complexity index is 610. The first kappa shape index (κ1) is 14.4. The van der Waals surface area contributed by atoms with Gasteiger partial charge in [0.1, 0.15) is 10.5 Å². The van der Waals surface area contributed by atoms with Crippen LogP contribution in [0.25, 0.3) is 9.75 Å². The second-order valence-corrected chi connectivity index (χ2v) is 7.37. The van der Waals surface area contributed by atoms with Gasteiger partial charge in [-0.25, -0.2) is 4.79 Å². The highest BCUT2D eigenvalue weighted by atomic mass is 35.5. The Morgan fingerprint density at radius 3 is 2.63 bits per heavy atom. The molecule has 0 aliphatic carbocycles. The van der Waals surface area contributed by atoms with Crippen LogP contribution in [0.2, 0.25) is 5.02 Å². The van der Waals surface area contributed by atoms with Gasteiger partial charge in [0.05, 0.1) is 15.6 Å². The molecular formula is C13H14ClNO2S2. The summed E-state index contributed by atoms with van der Waals surface area (Å²) in [7, 11) is 0. The maximum absolute atomic E-state index is 12.0. The van der Waals surface area contributed by atoms with Crippen molar-refractivity contribution in [3.05, 3.63) is 27.4 Å². The van der Waals surface area contributed by atoms with E-state index in [0.29, 0.717) is 15.6 Å². The lowest BCUT2D eigenvalue weighted by Gasteiger charge is -2.18. The summed E-state index contributed by atoms with van der Waals surface area (Å²) in [6, 6.07) is 3.59. The molecule has 2 rings (SSSR count). The van der Waals surface area contributed by atoms with Crippen molar-refractivity contribution in [1.29, 1.82) is 0 Å². The Morgan fingerprint density at radius 1 is 1.42 bits per heavy atom. The molecule has 2 aromatic heterocycles. The van der Waals surface area contributed by atoms with Crippen LogP contribution in [-0.4, -0.2) is 11.6 Å². The molecule has 0 atom stereocenters. The summed E-state index contributed by atoms with van der Waals surface area (Å²) in [6.45, 7) is 5.48. The van der Waals surface area contributed by atoms with E-state index >= 15 is 0 Å². The quantitative estimate of drug-likeness (QED) is 0.819. The molecule has 0 fully saturated rings. The van der Waals surface area contributed by atoms with Crippen LogP contribution < -0.4 is 5.73 Å². The molecule has 19 heavy (non-hydrogen) atoms. The van der Waals surface area contributed by atoms with E-state index in [-0.39, 0.29) is 0 Å². The van der Waals surface area contributed by atoms with Crippen LogP contribution in [0, 0.1) is 0 Å². The molecule has 0 bridgehead atoms. The lowest BCUT2D eigenvalue weighted by atomic mass is 10.2. The molecule has 3 nitrogen and oxygen atoms in total. The van der Waals surface area contributed by atoms with E-state index in [4.69, 9.17) is 22.1 Å². The van der Waals surface area contributed by atoms with E-state index < -0.39 is 11.6 Å². The summed E-state index contributed by atoms with van der Waals surface area (Å²) >= 11 is 8.91. The molecule has 0 saturated carbocycles. The Kier molecular flexibility index (Phi) is 3.90. The van der Waals surface area contributed by atoms with E-state index in [0.717, 1.165) is 9.75 Å². The fraction of sp³-hybridized carbons (Fsp3) is 0.308. The highest BCUT2D eigenvalue weighted by molar-refractivity contribution is 7.23. The zero-order valence-electron chi connectivity index (χ0n) is 10.8. The zero-order chi connectivity index (χ0) is 14.2. The average Bonchev–Trinajstić information content (AvgIpc) is 2.81. The molecule has 2 aromatic rings. The van der Waals surface area contributed by atoms with Gasteiger partial charge in [0, 0.05) is 4.88 Å². The van der Waals surface area contributed by atoms with Crippen molar-refractivity contribution < 1.29 is 9.53 Å². The maximum Gasteiger partial charge on any atom is 0.350 e. The number of nitrogen functional groups attached to an aromatic ring is 1. The summed E-state index contributed by atoms with van der Waals surface area (Å²) < 4.78 is 5.33. The molecule has 0 saturated heterocycles. The Morgan fingerprint density at radius 2 is 2.11 bits per heavy atom. The summed E-state index contributed by atoms with van der Waals surface area (Å²) in [5.74, 6) is -0.395. The van der Waals surface area contributed by atoms with Gasteiger partial charge in [-0.1, -0.05) is 11.6 Å². The first-order valence-corrected chi connectivity index (χ1v) is 7.71. The predicted octanol–water partition coefficient (Wildman–Crippen LogP) is 4.67. The van der Waals surface area contributed by atoms with Crippen molar-refractivity contribution in [3.8, 4) is 9.75 Å². The van der Waals surface area contributed by atoms with Crippen LogP contribution in [0.3, 0.4) is 0 Å². The van der Waals surface area contributed by atoms with Gasteiger partial charge in [0.25, 0.3) is 0 Å². The number of anilines is 1. The molecule has 0 unspecified atom stereocenters. The predicted molar refractivity (Wildman–Crippen MR) is 82.2 cm³/mol. The van der Waals surface area contributed by atoms with Gasteiger partial charge in [-0.05, 0) is 38.3 Å². The number of rotatable bonds is 2. The van der Waals surface area contributed by atoms with E-state index in [2.05, 4.69) is 0 Å². The van der Waals surface area contributed by atoms with E-state index in [1.165, 1.54) is 22.7 Å². The fourth-order valence-electron chi connectivity index (χ4n) is 1.47.